The smallest absolute Gasteiger partial charge is 0.217 e. The van der Waals surface area contributed by atoms with Gasteiger partial charge in [-0.25, -0.2) is 20.0 Å². The Bertz CT molecular complexity index is 1820. The maximum atomic E-state index is 8.52. The number of rotatable bonds is 8. The van der Waals surface area contributed by atoms with Gasteiger partial charge in [-0.3, -0.25) is 8.42 Å². The van der Waals surface area contributed by atoms with Gasteiger partial charge >= 0.3 is 0 Å². The zero-order valence-electron chi connectivity index (χ0n) is 25.9. The van der Waals surface area contributed by atoms with Gasteiger partial charge in [-0.05, 0) is 0 Å². The second-order valence-corrected chi connectivity index (χ2v) is 10.7. The van der Waals surface area contributed by atoms with Gasteiger partial charge in [0.1, 0.15) is 24.5 Å². The van der Waals surface area contributed by atoms with E-state index in [1.165, 1.54) is 0 Å². The SMILES string of the molecule is NC(N)=NCc1nc(-c2ccccc2)c(-c2ccccc2)o1.NC(N)=NCc1nc(-c2ccccc2)c(-c2ccccc2)o1.O=S(=O)([O-])[O-]. The van der Waals surface area contributed by atoms with E-state index in [9.17, 15) is 0 Å². The number of nitrogens with zero attached hydrogens (tertiary/aromatic N) is 4. The van der Waals surface area contributed by atoms with Crippen LogP contribution in [0.2, 0.25) is 0 Å². The summed E-state index contributed by atoms with van der Waals surface area (Å²) in [6.45, 7) is 0.435. The average molecular weight is 681 g/mol. The van der Waals surface area contributed by atoms with Gasteiger partial charge in [-0.15, -0.1) is 0 Å². The fourth-order valence-electron chi connectivity index (χ4n) is 4.34. The average Bonchev–Trinajstić information content (AvgIpc) is 3.73. The van der Waals surface area contributed by atoms with Crippen molar-refractivity contribution >= 4 is 22.3 Å². The summed E-state index contributed by atoms with van der Waals surface area (Å²) >= 11 is 0. The van der Waals surface area contributed by atoms with E-state index in [0.29, 0.717) is 23.3 Å². The summed E-state index contributed by atoms with van der Waals surface area (Å²) in [5.41, 5.74) is 26.9. The summed E-state index contributed by atoms with van der Waals surface area (Å²) in [7, 11) is -5.17. The van der Waals surface area contributed by atoms with Crippen LogP contribution < -0.4 is 22.9 Å². The lowest BCUT2D eigenvalue weighted by Crippen LogP contribution is -2.22. The van der Waals surface area contributed by atoms with Gasteiger partial charge < -0.3 is 40.9 Å². The highest BCUT2D eigenvalue weighted by atomic mass is 32.3. The summed E-state index contributed by atoms with van der Waals surface area (Å²) < 4.78 is 45.8. The molecule has 0 amide bonds. The summed E-state index contributed by atoms with van der Waals surface area (Å²) in [5, 5.41) is 0. The van der Waals surface area contributed by atoms with Crippen LogP contribution in [0.5, 0.6) is 0 Å². The fraction of sp³-hybridized carbons (Fsp3) is 0.0588. The first kappa shape index (κ1) is 35.6. The molecule has 0 radical (unpaired) electrons. The van der Waals surface area contributed by atoms with Gasteiger partial charge in [0.15, 0.2) is 23.4 Å². The summed E-state index contributed by atoms with van der Waals surface area (Å²) in [5.74, 6) is 2.42. The lowest BCUT2D eigenvalue weighted by Gasteiger charge is -2.06. The Morgan fingerprint density at radius 1 is 0.531 bits per heavy atom. The molecule has 0 aliphatic heterocycles. The minimum atomic E-state index is -5.17. The maximum absolute atomic E-state index is 8.52. The zero-order valence-corrected chi connectivity index (χ0v) is 26.7. The molecule has 49 heavy (non-hydrogen) atoms. The lowest BCUT2D eigenvalue weighted by atomic mass is 10.1. The Balaban J connectivity index is 0.000000194. The van der Waals surface area contributed by atoms with Crippen molar-refractivity contribution in [3.63, 3.8) is 0 Å². The molecule has 0 saturated carbocycles. The molecule has 0 unspecified atom stereocenters. The summed E-state index contributed by atoms with van der Waals surface area (Å²) in [6, 6.07) is 39.5. The molecule has 14 nitrogen and oxygen atoms in total. The van der Waals surface area contributed by atoms with Gasteiger partial charge in [0, 0.05) is 32.7 Å². The molecule has 0 aliphatic carbocycles. The molecule has 0 bridgehead atoms. The molecule has 15 heteroatoms. The minimum absolute atomic E-state index is 0.0146. The maximum Gasteiger partial charge on any atom is 0.217 e. The Hall–Kier alpha value is -6.29. The third kappa shape index (κ3) is 11.5. The number of aromatic nitrogens is 2. The van der Waals surface area contributed by atoms with E-state index in [0.717, 1.165) is 33.6 Å². The largest absolute Gasteiger partial charge is 0.759 e. The Kier molecular flexibility index (Phi) is 12.4. The van der Waals surface area contributed by atoms with Crippen LogP contribution >= 0.6 is 0 Å². The third-order valence-electron chi connectivity index (χ3n) is 6.30. The molecule has 0 atom stereocenters. The predicted molar refractivity (Wildman–Crippen MR) is 184 cm³/mol. The molecular weight excluding hydrogens is 648 g/mol. The topological polar surface area (TPSA) is 261 Å². The van der Waals surface area contributed by atoms with E-state index in [-0.39, 0.29) is 25.0 Å². The Labute approximate surface area is 282 Å². The molecule has 6 aromatic rings. The molecule has 0 aliphatic rings. The molecule has 0 saturated heterocycles. The fourth-order valence-corrected chi connectivity index (χ4v) is 4.34. The first-order valence-electron chi connectivity index (χ1n) is 14.5. The third-order valence-corrected chi connectivity index (χ3v) is 6.30. The molecule has 8 N–H and O–H groups in total. The van der Waals surface area contributed by atoms with Crippen LogP contribution in [0.3, 0.4) is 0 Å². The highest BCUT2D eigenvalue weighted by molar-refractivity contribution is 7.79. The first-order chi connectivity index (χ1) is 23.5. The van der Waals surface area contributed by atoms with Gasteiger partial charge in [0.25, 0.3) is 0 Å². The number of nitrogens with two attached hydrogens (primary N) is 4. The number of oxazole rings is 2. The number of hydrogen-bond donors (Lipinski definition) is 4. The van der Waals surface area contributed by atoms with Crippen LogP contribution in [0.15, 0.2) is 140 Å². The van der Waals surface area contributed by atoms with Crippen molar-refractivity contribution < 1.29 is 26.4 Å². The molecule has 2 aromatic heterocycles. The monoisotopic (exact) mass is 680 g/mol. The van der Waals surface area contributed by atoms with Gasteiger partial charge in [0.2, 0.25) is 11.8 Å². The van der Waals surface area contributed by atoms with Gasteiger partial charge in [-0.2, -0.15) is 0 Å². The second-order valence-electron chi connectivity index (χ2n) is 9.93. The Morgan fingerprint density at radius 3 is 1.06 bits per heavy atom. The van der Waals surface area contributed by atoms with Gasteiger partial charge in [-0.1, -0.05) is 121 Å². The normalized spacial score (nSPS) is 10.5. The van der Waals surface area contributed by atoms with Crippen molar-refractivity contribution in [3.8, 4) is 45.2 Å². The molecule has 0 spiro atoms. The molecule has 0 fully saturated rings. The lowest BCUT2D eigenvalue weighted by molar-refractivity contribution is 0.352. The molecule has 4 aromatic carbocycles. The molecular formula is C34H32N8O6S-2. The highest BCUT2D eigenvalue weighted by Crippen LogP contribution is 2.34. The Morgan fingerprint density at radius 2 is 0.796 bits per heavy atom. The van der Waals surface area contributed by atoms with Crippen molar-refractivity contribution in [1.82, 2.24) is 9.97 Å². The van der Waals surface area contributed by atoms with Crippen LogP contribution in [-0.2, 0) is 23.5 Å². The van der Waals surface area contributed by atoms with Crippen molar-refractivity contribution in [1.29, 1.82) is 0 Å². The van der Waals surface area contributed by atoms with Crippen LogP contribution in [0.4, 0.5) is 0 Å². The van der Waals surface area contributed by atoms with E-state index in [1.807, 2.05) is 121 Å². The van der Waals surface area contributed by atoms with Crippen molar-refractivity contribution in [2.24, 2.45) is 32.9 Å². The standard InChI is InChI=1S/2C17H16N4O.H2O4S/c2*18-17(19)20-11-14-21-15(12-7-3-1-4-8-12)16(22-14)13-9-5-2-6-10-13;1-5(2,3)4/h2*1-10H,11H2,(H4,18,19,20);(H2,1,2,3,4)/p-2. The van der Waals surface area contributed by atoms with E-state index >= 15 is 0 Å². The quantitative estimate of drug-likeness (QED) is 0.0762. The second kappa shape index (κ2) is 17.0. The summed E-state index contributed by atoms with van der Waals surface area (Å²) in [6.07, 6.45) is 0. The van der Waals surface area contributed by atoms with E-state index in [2.05, 4.69) is 20.0 Å². The molecule has 2 heterocycles. The molecule has 6 rings (SSSR count). The highest BCUT2D eigenvalue weighted by Gasteiger charge is 2.17. The van der Waals surface area contributed by atoms with E-state index in [4.69, 9.17) is 49.3 Å². The predicted octanol–water partition coefficient (Wildman–Crippen LogP) is 4.23. The van der Waals surface area contributed by atoms with Crippen LogP contribution in [0, 0.1) is 0 Å². The van der Waals surface area contributed by atoms with Crippen molar-refractivity contribution in [3.05, 3.63) is 133 Å². The number of guanidine groups is 2. The van der Waals surface area contributed by atoms with Crippen molar-refractivity contribution in [2.45, 2.75) is 13.1 Å². The number of aliphatic imine (C=N–C) groups is 2. The van der Waals surface area contributed by atoms with E-state index < -0.39 is 10.4 Å². The zero-order chi connectivity index (χ0) is 35.2. The van der Waals surface area contributed by atoms with Crippen LogP contribution in [0.25, 0.3) is 45.2 Å². The number of hydrogen-bond acceptors (Lipinski definition) is 10. The minimum Gasteiger partial charge on any atom is -0.759 e. The van der Waals surface area contributed by atoms with E-state index in [1.54, 1.807) is 0 Å². The number of benzene rings is 4. The summed E-state index contributed by atoms with van der Waals surface area (Å²) in [4.78, 5) is 17.0. The first-order valence-corrected chi connectivity index (χ1v) is 15.8. The molecule has 252 valence electrons. The van der Waals surface area contributed by atoms with Gasteiger partial charge in [0.05, 0.1) is 0 Å². The van der Waals surface area contributed by atoms with Crippen LogP contribution in [0.1, 0.15) is 11.8 Å². The van der Waals surface area contributed by atoms with Crippen molar-refractivity contribution in [2.75, 3.05) is 0 Å². The van der Waals surface area contributed by atoms with Crippen LogP contribution in [-0.4, -0.2) is 39.4 Å².